The number of phosphoric acid groups is 2. The van der Waals surface area contributed by atoms with E-state index in [0.717, 1.165) is 154 Å². The lowest BCUT2D eigenvalue weighted by Gasteiger charge is -2.21. The van der Waals surface area contributed by atoms with Crippen LogP contribution in [0.1, 0.15) is 297 Å². The Kier molecular flexibility index (Phi) is 67.6. The van der Waals surface area contributed by atoms with Crippen LogP contribution in [-0.4, -0.2) is 96.7 Å². The first kappa shape index (κ1) is 93.5. The summed E-state index contributed by atoms with van der Waals surface area (Å²) in [6, 6.07) is 0. The molecule has 0 saturated carbocycles. The van der Waals surface area contributed by atoms with Crippen molar-refractivity contribution in [2.45, 2.75) is 316 Å². The number of aliphatic hydroxyl groups excluding tert-OH is 1. The van der Waals surface area contributed by atoms with Crippen molar-refractivity contribution in [3.05, 3.63) is 122 Å². The van der Waals surface area contributed by atoms with Crippen molar-refractivity contribution in [2.75, 3.05) is 39.6 Å². The number of carbonyl (C=O) groups is 4. The largest absolute Gasteiger partial charge is 0.472 e. The van der Waals surface area contributed by atoms with Crippen molar-refractivity contribution in [1.29, 1.82) is 0 Å². The Hall–Kier alpha value is -4.54. The van der Waals surface area contributed by atoms with Gasteiger partial charge in [-0.15, -0.1) is 0 Å². The van der Waals surface area contributed by atoms with Crippen molar-refractivity contribution < 1.29 is 80.2 Å². The van der Waals surface area contributed by atoms with E-state index in [1.807, 2.05) is 18.2 Å². The molecule has 0 aliphatic heterocycles. The minimum Gasteiger partial charge on any atom is -0.462 e. The Morgan fingerprint density at radius 2 is 0.592 bits per heavy atom. The average molecular weight is 1420 g/mol. The van der Waals surface area contributed by atoms with Gasteiger partial charge in [0, 0.05) is 19.3 Å². The Morgan fingerprint density at radius 3 is 0.949 bits per heavy atom. The normalized spacial score (nSPS) is 14.6. The van der Waals surface area contributed by atoms with Crippen molar-refractivity contribution >= 4 is 39.5 Å². The minimum atomic E-state index is -5.00. The molecule has 0 aliphatic rings. The monoisotopic (exact) mass is 1420 g/mol. The number of ether oxygens (including phenoxy) is 4. The Bertz CT molecular complexity index is 2340. The van der Waals surface area contributed by atoms with Crippen LogP contribution in [0, 0.1) is 0 Å². The van der Waals surface area contributed by atoms with Gasteiger partial charge >= 0.3 is 39.5 Å². The van der Waals surface area contributed by atoms with Crippen LogP contribution in [0.5, 0.6) is 0 Å². The summed E-state index contributed by atoms with van der Waals surface area (Å²) in [5.74, 6) is -2.35. The minimum absolute atomic E-state index is 0.0571. The second-order valence-electron chi connectivity index (χ2n) is 24.8. The van der Waals surface area contributed by atoms with E-state index in [1.54, 1.807) is 6.08 Å². The Balaban J connectivity index is 5.42. The number of carbonyl (C=O) groups excluding carboxylic acids is 4. The molecule has 0 heterocycles. The number of hydrogen-bond donors (Lipinski definition) is 3. The van der Waals surface area contributed by atoms with Gasteiger partial charge in [0.1, 0.15) is 19.3 Å². The van der Waals surface area contributed by atoms with E-state index in [2.05, 4.69) is 125 Å². The first-order valence-corrected chi connectivity index (χ1v) is 40.8. The van der Waals surface area contributed by atoms with Crippen molar-refractivity contribution in [3.8, 4) is 0 Å². The number of unbranched alkanes of at least 4 members (excludes halogenated alkanes) is 25. The topological polar surface area (TPSA) is 237 Å². The highest BCUT2D eigenvalue weighted by Gasteiger charge is 2.30. The quantitative estimate of drug-likeness (QED) is 0.0169. The number of hydrogen-bond acceptors (Lipinski definition) is 15. The van der Waals surface area contributed by atoms with Gasteiger partial charge in [-0.05, 0) is 109 Å². The van der Waals surface area contributed by atoms with Gasteiger partial charge in [0.15, 0.2) is 12.2 Å². The van der Waals surface area contributed by atoms with Gasteiger partial charge in [-0.3, -0.25) is 37.3 Å². The summed E-state index contributed by atoms with van der Waals surface area (Å²) in [4.78, 5) is 72.8. The summed E-state index contributed by atoms with van der Waals surface area (Å²) < 4.78 is 68.3. The van der Waals surface area contributed by atoms with E-state index in [4.69, 9.17) is 37.0 Å². The van der Waals surface area contributed by atoms with Crippen LogP contribution in [0.4, 0.5) is 0 Å². The molecule has 0 aromatic rings. The molecule has 0 rings (SSSR count). The molecule has 0 aromatic carbocycles. The SMILES string of the molecule is CC/C=C\C/C=C\C/C=C\C/C=C\C/C=C\CC(=O)OCC(COP(=O)(O)OCC(O)COP(=O)(O)OCC(COC(=O)CCCCCCC/C=C\C/C=C\C/C=C\CC)OC(=O)CCCCCCCCCCCCCCCCC)OC(=O)CCCCCCC/C=C\C/C=C\CCC. The molecular weight excluding hydrogens is 1280 g/mol. The van der Waals surface area contributed by atoms with Crippen LogP contribution in [-0.2, 0) is 65.4 Å². The fourth-order valence-corrected chi connectivity index (χ4v) is 11.3. The van der Waals surface area contributed by atoms with Gasteiger partial charge in [0.25, 0.3) is 0 Å². The highest BCUT2D eigenvalue weighted by Crippen LogP contribution is 2.45. The van der Waals surface area contributed by atoms with E-state index in [1.165, 1.54) is 64.2 Å². The van der Waals surface area contributed by atoms with E-state index >= 15 is 0 Å². The first-order valence-electron chi connectivity index (χ1n) is 37.8. The van der Waals surface area contributed by atoms with E-state index in [0.29, 0.717) is 25.7 Å². The lowest BCUT2D eigenvalue weighted by Crippen LogP contribution is -2.30. The third-order valence-corrected chi connectivity index (χ3v) is 17.3. The van der Waals surface area contributed by atoms with Gasteiger partial charge in [0.2, 0.25) is 0 Å². The molecule has 0 radical (unpaired) electrons. The predicted octanol–water partition coefficient (Wildman–Crippen LogP) is 21.6. The van der Waals surface area contributed by atoms with Gasteiger partial charge in [-0.25, -0.2) is 9.13 Å². The first-order chi connectivity index (χ1) is 47.7. The standard InChI is InChI=1S/C79H134O17P2/c1-5-9-13-17-21-25-29-33-36-40-43-47-51-55-59-63-76(81)89-69-74(95-78(83)65-61-57-53-49-45-39-32-28-24-20-16-12-8-4)71-93-97(85,86)91-67-73(80)68-92-98(87,88)94-72-75(96-79(84)66-62-58-54-50-46-42-38-35-31-27-23-19-15-11-7-3)70-90-77(82)64-60-56-52-48-44-41-37-34-30-26-22-18-14-10-6-2/h9-10,13-14,16,20-22,25-26,28,32-34,36-37,43,47,55,59,73-75,80H,5-8,11-12,15,17-19,23-24,27,29-31,35,38-42,44-46,48-54,56-58,60-72H2,1-4H3,(H,85,86)(H,87,88)/b13-9-,14-10-,20-16-,25-21-,26-22-,32-28-,36-33-,37-34-,47-43-,59-55-. The summed E-state index contributed by atoms with van der Waals surface area (Å²) in [5.41, 5.74) is 0. The fraction of sp³-hybridized carbons (Fsp3) is 0.696. The second-order valence-corrected chi connectivity index (χ2v) is 27.8. The molecule has 17 nitrogen and oxygen atoms in total. The zero-order valence-electron chi connectivity index (χ0n) is 61.2. The maximum atomic E-state index is 13.1. The summed E-state index contributed by atoms with van der Waals surface area (Å²) in [6.45, 7) is 4.44. The molecule has 98 heavy (non-hydrogen) atoms. The number of allylic oxidation sites excluding steroid dienone is 19. The van der Waals surface area contributed by atoms with Crippen LogP contribution >= 0.6 is 15.6 Å². The van der Waals surface area contributed by atoms with Crippen molar-refractivity contribution in [1.82, 2.24) is 0 Å². The molecule has 0 spiro atoms. The van der Waals surface area contributed by atoms with E-state index < -0.39 is 97.5 Å². The molecule has 562 valence electrons. The molecule has 19 heteroatoms. The Morgan fingerprint density at radius 1 is 0.306 bits per heavy atom. The van der Waals surface area contributed by atoms with Crippen molar-refractivity contribution in [2.24, 2.45) is 0 Å². The maximum absolute atomic E-state index is 13.1. The number of esters is 4. The Labute approximate surface area is 593 Å². The third-order valence-electron chi connectivity index (χ3n) is 15.4. The molecule has 0 aromatic heterocycles. The molecule has 0 fully saturated rings. The summed E-state index contributed by atoms with van der Waals surface area (Å²) in [6.07, 6.45) is 76.5. The van der Waals surface area contributed by atoms with Gasteiger partial charge in [0.05, 0.1) is 32.8 Å². The molecular formula is C79H134O17P2. The highest BCUT2D eigenvalue weighted by molar-refractivity contribution is 7.47. The summed E-state index contributed by atoms with van der Waals surface area (Å²) >= 11 is 0. The molecule has 5 atom stereocenters. The molecule has 0 amide bonds. The van der Waals surface area contributed by atoms with Gasteiger partial charge < -0.3 is 33.8 Å². The molecule has 0 aliphatic carbocycles. The van der Waals surface area contributed by atoms with Crippen LogP contribution < -0.4 is 0 Å². The molecule has 3 N–H and O–H groups in total. The lowest BCUT2D eigenvalue weighted by atomic mass is 10.0. The van der Waals surface area contributed by atoms with E-state index in [-0.39, 0.29) is 25.7 Å². The van der Waals surface area contributed by atoms with Crippen molar-refractivity contribution in [3.63, 3.8) is 0 Å². The van der Waals surface area contributed by atoms with Crippen LogP contribution in [0.3, 0.4) is 0 Å². The predicted molar refractivity (Wildman–Crippen MR) is 399 cm³/mol. The lowest BCUT2D eigenvalue weighted by molar-refractivity contribution is -0.161. The second kappa shape index (κ2) is 70.9. The van der Waals surface area contributed by atoms with Gasteiger partial charge in [-0.1, -0.05) is 284 Å². The summed E-state index contributed by atoms with van der Waals surface area (Å²) in [7, 11) is -9.98. The maximum Gasteiger partial charge on any atom is 0.472 e. The van der Waals surface area contributed by atoms with E-state index in [9.17, 15) is 43.2 Å². The molecule has 0 saturated heterocycles. The number of rotatable bonds is 70. The van der Waals surface area contributed by atoms with Crippen LogP contribution in [0.25, 0.3) is 0 Å². The number of aliphatic hydroxyl groups is 1. The third kappa shape index (κ3) is 69.9. The zero-order valence-corrected chi connectivity index (χ0v) is 63.0. The fourth-order valence-electron chi connectivity index (χ4n) is 9.76. The van der Waals surface area contributed by atoms with Gasteiger partial charge in [-0.2, -0.15) is 0 Å². The molecule has 5 unspecified atom stereocenters. The highest BCUT2D eigenvalue weighted by atomic mass is 31.2. The smallest absolute Gasteiger partial charge is 0.462 e. The molecule has 0 bridgehead atoms. The van der Waals surface area contributed by atoms with Crippen LogP contribution in [0.2, 0.25) is 0 Å². The number of phosphoric ester groups is 2. The summed E-state index contributed by atoms with van der Waals surface area (Å²) in [5, 5.41) is 10.6. The zero-order chi connectivity index (χ0) is 71.8. The average Bonchev–Trinajstić information content (AvgIpc) is 0.959. The van der Waals surface area contributed by atoms with Crippen LogP contribution in [0.15, 0.2) is 122 Å².